The van der Waals surface area contributed by atoms with E-state index >= 15 is 0 Å². The molecule has 3 aromatic rings. The third kappa shape index (κ3) is 10.2. The fourth-order valence-electron chi connectivity index (χ4n) is 3.62. The molecule has 0 saturated carbocycles. The Balaban J connectivity index is 1.39. The lowest BCUT2D eigenvalue weighted by Crippen LogP contribution is -2.10. The molecule has 0 aliphatic rings. The van der Waals surface area contributed by atoms with Crippen LogP contribution in [-0.2, 0) is 43.1 Å². The zero-order valence-corrected chi connectivity index (χ0v) is 23.9. The van der Waals surface area contributed by atoms with Gasteiger partial charge in [0.25, 0.3) is 0 Å². The Labute approximate surface area is 245 Å². The van der Waals surface area contributed by atoms with Crippen molar-refractivity contribution in [3.05, 3.63) is 125 Å². The molecule has 0 N–H and O–H groups in total. The van der Waals surface area contributed by atoms with Crippen LogP contribution >= 0.6 is 0 Å². The monoisotopic (exact) mass is 570 g/mol. The summed E-state index contributed by atoms with van der Waals surface area (Å²) >= 11 is 0. The van der Waals surface area contributed by atoms with Crippen molar-refractivity contribution < 1.29 is 38.1 Å². The lowest BCUT2D eigenvalue weighted by Gasteiger charge is -2.08. The van der Waals surface area contributed by atoms with Gasteiger partial charge in [0.05, 0.1) is 30.9 Å². The largest absolute Gasteiger partial charge is 0.462 e. The van der Waals surface area contributed by atoms with Crippen molar-refractivity contribution in [3.63, 3.8) is 0 Å². The topological polar surface area (TPSA) is 105 Å². The zero-order valence-electron chi connectivity index (χ0n) is 23.9. The van der Waals surface area contributed by atoms with Gasteiger partial charge in [-0.3, -0.25) is 0 Å². The van der Waals surface area contributed by atoms with E-state index < -0.39 is 23.9 Å². The highest BCUT2D eigenvalue weighted by molar-refractivity contribution is 5.91. The highest BCUT2D eigenvalue weighted by Gasteiger charge is 2.11. The minimum Gasteiger partial charge on any atom is -0.462 e. The van der Waals surface area contributed by atoms with Crippen LogP contribution in [0.2, 0.25) is 0 Å². The van der Waals surface area contributed by atoms with Crippen LogP contribution in [0.3, 0.4) is 0 Å². The molecule has 42 heavy (non-hydrogen) atoms. The van der Waals surface area contributed by atoms with Gasteiger partial charge >= 0.3 is 23.9 Å². The molecule has 8 nitrogen and oxygen atoms in total. The number of carbonyl (C=O) groups excluding carboxylic acids is 4. The highest BCUT2D eigenvalue weighted by atomic mass is 16.5. The molecule has 0 bridgehead atoms. The number of rotatable bonds is 14. The predicted molar refractivity (Wildman–Crippen MR) is 157 cm³/mol. The lowest BCUT2D eigenvalue weighted by molar-refractivity contribution is -0.139. The van der Waals surface area contributed by atoms with Crippen molar-refractivity contribution in [3.8, 4) is 5.75 Å². The molecular formula is C34H34O8. The lowest BCUT2D eigenvalue weighted by atomic mass is 10.1. The van der Waals surface area contributed by atoms with Gasteiger partial charge in [-0.2, -0.15) is 0 Å². The smallest absolute Gasteiger partial charge is 0.343 e. The SMILES string of the molecule is C=C(C)C(=O)OCCc1ccc(C(=O)OCCc2ccc(OC(=O)c3ccc(CCOC(=O)C(=C)C)cc3)cc2)cc1. The van der Waals surface area contributed by atoms with E-state index in [1.165, 1.54) is 0 Å². The minimum atomic E-state index is -0.490. The van der Waals surface area contributed by atoms with Gasteiger partial charge in [-0.25, -0.2) is 19.2 Å². The van der Waals surface area contributed by atoms with Crippen molar-refractivity contribution in [1.29, 1.82) is 0 Å². The maximum absolute atomic E-state index is 12.5. The molecule has 0 fully saturated rings. The normalized spacial score (nSPS) is 10.3. The minimum absolute atomic E-state index is 0.190. The van der Waals surface area contributed by atoms with E-state index in [1.807, 2.05) is 0 Å². The summed E-state index contributed by atoms with van der Waals surface area (Å²) in [6.45, 7) is 10.9. The number of ether oxygens (including phenoxy) is 4. The molecule has 0 heterocycles. The molecule has 3 aromatic carbocycles. The van der Waals surface area contributed by atoms with Gasteiger partial charge < -0.3 is 18.9 Å². The Morgan fingerprint density at radius 3 is 1.29 bits per heavy atom. The van der Waals surface area contributed by atoms with Gasteiger partial charge in [-0.1, -0.05) is 49.6 Å². The molecule has 0 unspecified atom stereocenters. The van der Waals surface area contributed by atoms with E-state index in [-0.39, 0.29) is 19.8 Å². The molecule has 0 radical (unpaired) electrons. The first-order valence-electron chi connectivity index (χ1n) is 13.4. The number of hydrogen-bond acceptors (Lipinski definition) is 8. The van der Waals surface area contributed by atoms with E-state index in [9.17, 15) is 19.2 Å². The molecular weight excluding hydrogens is 536 g/mol. The van der Waals surface area contributed by atoms with Gasteiger partial charge in [0.15, 0.2) is 0 Å². The molecule has 0 aliphatic carbocycles. The van der Waals surface area contributed by atoms with Crippen LogP contribution in [0.5, 0.6) is 5.75 Å². The van der Waals surface area contributed by atoms with Crippen molar-refractivity contribution >= 4 is 23.9 Å². The van der Waals surface area contributed by atoms with Gasteiger partial charge in [-0.15, -0.1) is 0 Å². The molecule has 0 atom stereocenters. The fourth-order valence-corrected chi connectivity index (χ4v) is 3.62. The summed E-state index contributed by atoms with van der Waals surface area (Å²) in [7, 11) is 0. The molecule has 0 aromatic heterocycles. The van der Waals surface area contributed by atoms with Gasteiger partial charge in [0.1, 0.15) is 5.75 Å². The van der Waals surface area contributed by atoms with Crippen LogP contribution < -0.4 is 4.74 Å². The second-order valence-corrected chi connectivity index (χ2v) is 9.65. The maximum Gasteiger partial charge on any atom is 0.343 e. The summed E-state index contributed by atoms with van der Waals surface area (Å²) in [5, 5.41) is 0. The Morgan fingerprint density at radius 1 is 0.524 bits per heavy atom. The van der Waals surface area contributed by atoms with Crippen LogP contribution in [0.4, 0.5) is 0 Å². The summed E-state index contributed by atoms with van der Waals surface area (Å²) in [6, 6.07) is 20.8. The Hall–Kier alpha value is -4.98. The van der Waals surface area contributed by atoms with E-state index in [1.54, 1.807) is 86.6 Å². The summed E-state index contributed by atoms with van der Waals surface area (Å²) in [5.41, 5.74) is 4.29. The summed E-state index contributed by atoms with van der Waals surface area (Å²) < 4.78 is 21.0. The van der Waals surface area contributed by atoms with E-state index in [0.717, 1.165) is 16.7 Å². The van der Waals surface area contributed by atoms with E-state index in [4.69, 9.17) is 18.9 Å². The molecule has 218 valence electrons. The first kappa shape index (κ1) is 31.5. The third-order valence-electron chi connectivity index (χ3n) is 6.08. The second-order valence-electron chi connectivity index (χ2n) is 9.65. The van der Waals surface area contributed by atoms with Crippen molar-refractivity contribution in [2.75, 3.05) is 19.8 Å². The van der Waals surface area contributed by atoms with Crippen molar-refractivity contribution in [2.45, 2.75) is 33.1 Å². The van der Waals surface area contributed by atoms with E-state index in [2.05, 4.69) is 13.2 Å². The second kappa shape index (κ2) is 15.7. The van der Waals surface area contributed by atoms with Crippen LogP contribution in [0.1, 0.15) is 51.3 Å². The Bertz CT molecular complexity index is 1420. The number of benzene rings is 3. The number of hydrogen-bond donors (Lipinski definition) is 0. The van der Waals surface area contributed by atoms with Gasteiger partial charge in [-0.05, 0) is 66.9 Å². The predicted octanol–water partition coefficient (Wildman–Crippen LogP) is 5.63. The van der Waals surface area contributed by atoms with Crippen LogP contribution in [0, 0.1) is 0 Å². The highest BCUT2D eigenvalue weighted by Crippen LogP contribution is 2.16. The standard InChI is InChI=1S/C34H34O8/c1-23(2)31(35)39-20-17-25-5-11-28(12-6-25)33(37)41-22-19-27-9-15-30(16-10-27)42-34(38)29-13-7-26(8-14-29)18-21-40-32(36)24(3)4/h5-16H,1,3,17-22H2,2,4H3. The first-order valence-corrected chi connectivity index (χ1v) is 13.4. The quantitative estimate of drug-likeness (QED) is 0.106. The summed E-state index contributed by atoms with van der Waals surface area (Å²) in [6.07, 6.45) is 1.55. The Morgan fingerprint density at radius 2 is 0.881 bits per heavy atom. The van der Waals surface area contributed by atoms with Gasteiger partial charge in [0.2, 0.25) is 0 Å². The van der Waals surface area contributed by atoms with Crippen molar-refractivity contribution in [1.82, 2.24) is 0 Å². The average molecular weight is 571 g/mol. The fraction of sp³-hybridized carbons (Fsp3) is 0.235. The molecule has 8 heteroatoms. The maximum atomic E-state index is 12.5. The summed E-state index contributed by atoms with van der Waals surface area (Å²) in [4.78, 5) is 47.8. The first-order chi connectivity index (χ1) is 20.1. The summed E-state index contributed by atoms with van der Waals surface area (Å²) in [5.74, 6) is -1.38. The van der Waals surface area contributed by atoms with E-state index in [0.29, 0.717) is 47.3 Å². The molecule has 0 saturated heterocycles. The average Bonchev–Trinajstić information content (AvgIpc) is 2.98. The van der Waals surface area contributed by atoms with Crippen LogP contribution in [0.25, 0.3) is 0 Å². The third-order valence-corrected chi connectivity index (χ3v) is 6.08. The van der Waals surface area contributed by atoms with Crippen molar-refractivity contribution in [2.24, 2.45) is 0 Å². The molecule has 0 aliphatic heterocycles. The van der Waals surface area contributed by atoms with Gasteiger partial charge in [0, 0.05) is 30.4 Å². The number of esters is 4. The Kier molecular flexibility index (Phi) is 11.8. The van der Waals surface area contributed by atoms with Crippen LogP contribution in [-0.4, -0.2) is 43.7 Å². The number of carbonyl (C=O) groups is 4. The zero-order chi connectivity index (χ0) is 30.5. The molecule has 0 spiro atoms. The van der Waals surface area contributed by atoms with Crippen LogP contribution in [0.15, 0.2) is 97.1 Å². The molecule has 3 rings (SSSR count). The molecule has 0 amide bonds.